The fourth-order valence-corrected chi connectivity index (χ4v) is 4.18. The number of carbonyl (C=O) groups excluding carboxylic acids is 2. The number of amides is 2. The summed E-state index contributed by atoms with van der Waals surface area (Å²) in [4.78, 5) is 32.8. The highest BCUT2D eigenvalue weighted by molar-refractivity contribution is 5.88. The lowest BCUT2D eigenvalue weighted by atomic mass is 9.93. The summed E-state index contributed by atoms with van der Waals surface area (Å²) in [6.07, 6.45) is 9.48. The zero-order valence-electron chi connectivity index (χ0n) is 16.7. The lowest BCUT2D eigenvalue weighted by Crippen LogP contribution is -2.45. The van der Waals surface area contributed by atoms with E-state index in [-0.39, 0.29) is 18.2 Å². The topological polar surface area (TPSA) is 62.7 Å². The summed E-state index contributed by atoms with van der Waals surface area (Å²) in [6, 6.07) is 3.94. The van der Waals surface area contributed by atoms with Gasteiger partial charge in [-0.25, -0.2) is 9.78 Å². The highest BCUT2D eigenvalue weighted by atomic mass is 16.6. The van der Waals surface area contributed by atoms with Crippen LogP contribution < -0.4 is 4.90 Å². The second-order valence-corrected chi connectivity index (χ2v) is 8.56. The van der Waals surface area contributed by atoms with E-state index in [4.69, 9.17) is 4.74 Å². The van der Waals surface area contributed by atoms with Crippen molar-refractivity contribution in [1.82, 2.24) is 9.88 Å². The van der Waals surface area contributed by atoms with Crippen molar-refractivity contribution in [3.8, 4) is 0 Å². The molecule has 1 saturated heterocycles. The van der Waals surface area contributed by atoms with Gasteiger partial charge in [-0.3, -0.25) is 9.69 Å². The number of carbonyl (C=O) groups is 2. The molecule has 2 heterocycles. The van der Waals surface area contributed by atoms with Gasteiger partial charge in [0, 0.05) is 24.3 Å². The molecule has 1 aliphatic carbocycles. The molecular formula is C21H31N3O3. The molecule has 27 heavy (non-hydrogen) atoms. The van der Waals surface area contributed by atoms with Gasteiger partial charge < -0.3 is 9.64 Å². The molecule has 0 spiro atoms. The quantitative estimate of drug-likeness (QED) is 0.732. The number of aromatic nitrogens is 1. The van der Waals surface area contributed by atoms with Crippen molar-refractivity contribution in [2.24, 2.45) is 0 Å². The minimum Gasteiger partial charge on any atom is -0.443 e. The van der Waals surface area contributed by atoms with Crippen LogP contribution in [0.2, 0.25) is 0 Å². The van der Waals surface area contributed by atoms with Crippen LogP contribution >= 0.6 is 0 Å². The molecule has 6 heteroatoms. The standard InChI is InChI=1S/C21H31N3O3/c1-21(2,3)27-20(26)24(16-9-5-4-6-10-16)19-17(11-7-13-22-19)18-12-8-14-23(18)15-25/h7,11,13,15-16,18H,4-6,8-10,12,14H2,1-3H3/t18-/m0/s1. The van der Waals surface area contributed by atoms with Crippen LogP contribution in [0.15, 0.2) is 18.3 Å². The molecule has 6 nitrogen and oxygen atoms in total. The molecule has 0 N–H and O–H groups in total. The summed E-state index contributed by atoms with van der Waals surface area (Å²) in [7, 11) is 0. The van der Waals surface area contributed by atoms with Gasteiger partial charge in [0.25, 0.3) is 0 Å². The lowest BCUT2D eigenvalue weighted by molar-refractivity contribution is -0.118. The Morgan fingerprint density at radius 1 is 1.22 bits per heavy atom. The zero-order chi connectivity index (χ0) is 19.4. The summed E-state index contributed by atoms with van der Waals surface area (Å²) in [5.74, 6) is 0.650. The Morgan fingerprint density at radius 2 is 1.96 bits per heavy atom. The Balaban J connectivity index is 1.99. The van der Waals surface area contributed by atoms with E-state index >= 15 is 0 Å². The molecule has 148 valence electrons. The fourth-order valence-electron chi connectivity index (χ4n) is 4.18. The first kappa shape index (κ1) is 19.6. The van der Waals surface area contributed by atoms with E-state index < -0.39 is 5.60 Å². The predicted molar refractivity (Wildman–Crippen MR) is 105 cm³/mol. The molecule has 0 radical (unpaired) electrons. The van der Waals surface area contributed by atoms with Crippen LogP contribution in [-0.4, -0.2) is 40.6 Å². The predicted octanol–water partition coefficient (Wildman–Crippen LogP) is 4.45. The number of hydrogen-bond donors (Lipinski definition) is 0. The lowest BCUT2D eigenvalue weighted by Gasteiger charge is -2.36. The monoisotopic (exact) mass is 373 g/mol. The van der Waals surface area contributed by atoms with E-state index in [1.54, 1.807) is 11.1 Å². The number of pyridine rings is 1. The Morgan fingerprint density at radius 3 is 2.63 bits per heavy atom. The first-order chi connectivity index (χ1) is 12.9. The minimum atomic E-state index is -0.568. The van der Waals surface area contributed by atoms with Crippen molar-refractivity contribution in [2.75, 3.05) is 11.4 Å². The van der Waals surface area contributed by atoms with Gasteiger partial charge in [-0.1, -0.05) is 25.3 Å². The van der Waals surface area contributed by atoms with Crippen molar-refractivity contribution in [2.45, 2.75) is 83.4 Å². The maximum absolute atomic E-state index is 13.2. The molecule has 1 aromatic rings. The normalized spacial score (nSPS) is 21.1. The van der Waals surface area contributed by atoms with Gasteiger partial charge in [0.05, 0.1) is 6.04 Å². The van der Waals surface area contributed by atoms with E-state index in [1.807, 2.05) is 37.8 Å². The summed E-state index contributed by atoms with van der Waals surface area (Å²) < 4.78 is 5.74. The van der Waals surface area contributed by atoms with Gasteiger partial charge >= 0.3 is 6.09 Å². The van der Waals surface area contributed by atoms with Gasteiger partial charge in [0.15, 0.2) is 0 Å². The second-order valence-electron chi connectivity index (χ2n) is 8.56. The molecule has 1 aromatic heterocycles. The number of likely N-dealkylation sites (tertiary alicyclic amines) is 1. The largest absolute Gasteiger partial charge is 0.443 e. The molecule has 2 fully saturated rings. The zero-order valence-corrected chi connectivity index (χ0v) is 16.7. The number of hydrogen-bond acceptors (Lipinski definition) is 4. The molecule has 0 unspecified atom stereocenters. The summed E-state index contributed by atoms with van der Waals surface area (Å²) in [5, 5.41) is 0. The van der Waals surface area contributed by atoms with Crippen LogP contribution in [0.3, 0.4) is 0 Å². The molecule has 0 aromatic carbocycles. The van der Waals surface area contributed by atoms with Crippen LogP contribution in [0.25, 0.3) is 0 Å². The van der Waals surface area contributed by atoms with Gasteiger partial charge in [-0.05, 0) is 52.5 Å². The number of rotatable bonds is 4. The van der Waals surface area contributed by atoms with E-state index in [9.17, 15) is 9.59 Å². The van der Waals surface area contributed by atoms with Crippen LogP contribution in [0, 0.1) is 0 Å². The van der Waals surface area contributed by atoms with Crippen molar-refractivity contribution in [1.29, 1.82) is 0 Å². The molecule has 3 rings (SSSR count). The summed E-state index contributed by atoms with van der Waals surface area (Å²) in [5.41, 5.74) is 0.375. The van der Waals surface area contributed by atoms with Gasteiger partial charge in [0.1, 0.15) is 11.4 Å². The van der Waals surface area contributed by atoms with Crippen LogP contribution in [-0.2, 0) is 9.53 Å². The molecular weight excluding hydrogens is 342 g/mol. The Labute approximate surface area is 161 Å². The Kier molecular flexibility index (Phi) is 6.02. The molecule has 1 aliphatic heterocycles. The first-order valence-corrected chi connectivity index (χ1v) is 10.1. The summed E-state index contributed by atoms with van der Waals surface area (Å²) in [6.45, 7) is 6.40. The molecule has 2 amide bonds. The summed E-state index contributed by atoms with van der Waals surface area (Å²) >= 11 is 0. The third-order valence-corrected chi connectivity index (χ3v) is 5.36. The number of nitrogens with zero attached hydrogens (tertiary/aromatic N) is 3. The molecule has 1 saturated carbocycles. The van der Waals surface area contributed by atoms with E-state index in [2.05, 4.69) is 4.98 Å². The van der Waals surface area contributed by atoms with E-state index in [0.29, 0.717) is 5.82 Å². The number of anilines is 1. The van der Waals surface area contributed by atoms with Crippen molar-refractivity contribution in [3.63, 3.8) is 0 Å². The fraction of sp³-hybridized carbons (Fsp3) is 0.667. The molecule has 2 aliphatic rings. The van der Waals surface area contributed by atoms with Crippen molar-refractivity contribution in [3.05, 3.63) is 23.9 Å². The van der Waals surface area contributed by atoms with Gasteiger partial charge in [0.2, 0.25) is 6.41 Å². The third-order valence-electron chi connectivity index (χ3n) is 5.36. The van der Waals surface area contributed by atoms with Crippen LogP contribution in [0.4, 0.5) is 10.6 Å². The highest BCUT2D eigenvalue weighted by Gasteiger charge is 2.36. The molecule has 1 atom stereocenters. The average Bonchev–Trinajstić information content (AvgIpc) is 3.10. The Hall–Kier alpha value is -2.11. The van der Waals surface area contributed by atoms with Crippen LogP contribution in [0.5, 0.6) is 0 Å². The van der Waals surface area contributed by atoms with Crippen LogP contribution in [0.1, 0.15) is 77.3 Å². The third kappa shape index (κ3) is 4.60. The number of ether oxygens (including phenoxy) is 1. The van der Waals surface area contributed by atoms with Crippen molar-refractivity contribution >= 4 is 18.3 Å². The second kappa shape index (κ2) is 8.28. The van der Waals surface area contributed by atoms with Gasteiger partial charge in [-0.15, -0.1) is 0 Å². The van der Waals surface area contributed by atoms with E-state index in [0.717, 1.165) is 57.0 Å². The average molecular weight is 373 g/mol. The van der Waals surface area contributed by atoms with E-state index in [1.165, 1.54) is 6.42 Å². The maximum atomic E-state index is 13.2. The van der Waals surface area contributed by atoms with Gasteiger partial charge in [-0.2, -0.15) is 0 Å². The SMILES string of the molecule is CC(C)(C)OC(=O)N(c1ncccc1[C@@H]1CCCN1C=O)C1CCCCC1. The highest BCUT2D eigenvalue weighted by Crippen LogP contribution is 2.38. The maximum Gasteiger partial charge on any atom is 0.416 e. The first-order valence-electron chi connectivity index (χ1n) is 10.1. The molecule has 0 bridgehead atoms. The van der Waals surface area contributed by atoms with Crippen molar-refractivity contribution < 1.29 is 14.3 Å². The minimum absolute atomic E-state index is 0.0280. The smallest absolute Gasteiger partial charge is 0.416 e. The Bertz CT molecular complexity index is 665.